The Morgan fingerprint density at radius 1 is 0.867 bits per heavy atom. The van der Waals surface area contributed by atoms with Crippen molar-refractivity contribution in [1.29, 1.82) is 0 Å². The van der Waals surface area contributed by atoms with Gasteiger partial charge in [-0.3, -0.25) is 0 Å². The molecule has 1 heterocycles. The lowest BCUT2D eigenvalue weighted by molar-refractivity contribution is 0.137. The van der Waals surface area contributed by atoms with Gasteiger partial charge in [0.25, 0.3) is 0 Å². The number of benzene rings is 3. The fourth-order valence-electron chi connectivity index (χ4n) is 4.81. The first kappa shape index (κ1) is 19.6. The van der Waals surface area contributed by atoms with Gasteiger partial charge in [-0.15, -0.1) is 0 Å². The molecule has 1 aliphatic heterocycles. The minimum Gasteiger partial charge on any atom is -0.493 e. The zero-order valence-corrected chi connectivity index (χ0v) is 18.5. The highest BCUT2D eigenvalue weighted by Gasteiger charge is 2.83. The number of rotatable bonds is 4. The van der Waals surface area contributed by atoms with Crippen molar-refractivity contribution in [3.63, 3.8) is 0 Å². The molecule has 0 saturated heterocycles. The molecule has 0 amide bonds. The minimum atomic E-state index is -1.10. The van der Waals surface area contributed by atoms with Gasteiger partial charge in [0.15, 0.2) is 21.4 Å². The molecule has 0 N–H and O–H groups in total. The van der Waals surface area contributed by atoms with Gasteiger partial charge in [-0.25, -0.2) is 0 Å². The van der Waals surface area contributed by atoms with E-state index in [1.807, 2.05) is 36.4 Å². The quantitative estimate of drug-likeness (QED) is 0.449. The van der Waals surface area contributed by atoms with Crippen molar-refractivity contribution < 1.29 is 14.2 Å². The Morgan fingerprint density at radius 3 is 2.27 bits per heavy atom. The second-order valence-electron chi connectivity index (χ2n) is 7.93. The second kappa shape index (κ2) is 6.83. The number of alkyl halides is 2. The normalized spacial score (nSPS) is 25.5. The van der Waals surface area contributed by atoms with Crippen molar-refractivity contribution in [3.8, 4) is 17.2 Å². The van der Waals surface area contributed by atoms with Gasteiger partial charge in [-0.1, -0.05) is 77.3 Å². The number of halogens is 2. The van der Waals surface area contributed by atoms with Crippen molar-refractivity contribution in [1.82, 2.24) is 0 Å². The van der Waals surface area contributed by atoms with E-state index in [1.54, 1.807) is 14.2 Å². The first-order valence-corrected chi connectivity index (χ1v) is 10.6. The lowest BCUT2D eigenvalue weighted by Crippen LogP contribution is -2.29. The molecule has 2 aliphatic rings. The summed E-state index contributed by atoms with van der Waals surface area (Å²) in [6.45, 7) is 2.08. The molecule has 30 heavy (non-hydrogen) atoms. The summed E-state index contributed by atoms with van der Waals surface area (Å²) in [5, 5.41) is 0. The van der Waals surface area contributed by atoms with E-state index in [-0.39, 0.29) is 11.8 Å². The van der Waals surface area contributed by atoms with Crippen LogP contribution in [-0.4, -0.2) is 18.6 Å². The predicted octanol–water partition coefficient (Wildman–Crippen LogP) is 6.24. The number of para-hydroxylation sites is 1. The van der Waals surface area contributed by atoms with Crippen LogP contribution in [0.5, 0.6) is 17.2 Å². The fraction of sp³-hybridized carbons (Fsp3) is 0.280. The van der Waals surface area contributed by atoms with Crippen LogP contribution in [0.2, 0.25) is 0 Å². The van der Waals surface area contributed by atoms with Crippen LogP contribution in [0.3, 0.4) is 0 Å². The molecule has 0 spiro atoms. The summed E-state index contributed by atoms with van der Waals surface area (Å²) in [6, 6.07) is 22.4. The number of hydrogen-bond donors (Lipinski definition) is 0. The highest BCUT2D eigenvalue weighted by Crippen LogP contribution is 2.77. The fourth-order valence-corrected chi connectivity index (χ4v) is 5.79. The number of aryl methyl sites for hydroxylation is 1. The van der Waals surface area contributed by atoms with Crippen LogP contribution in [0.25, 0.3) is 0 Å². The average molecular weight is 441 g/mol. The van der Waals surface area contributed by atoms with E-state index in [0.717, 1.165) is 16.9 Å². The third-order valence-electron chi connectivity index (χ3n) is 6.35. The summed E-state index contributed by atoms with van der Waals surface area (Å²) in [7, 11) is 3.23. The lowest BCUT2D eigenvalue weighted by atomic mass is 9.82. The van der Waals surface area contributed by atoms with Gasteiger partial charge >= 0.3 is 0 Å². The van der Waals surface area contributed by atoms with Gasteiger partial charge < -0.3 is 14.2 Å². The molecule has 1 fully saturated rings. The van der Waals surface area contributed by atoms with Gasteiger partial charge in [0, 0.05) is 17.0 Å². The molecule has 0 bridgehead atoms. The summed E-state index contributed by atoms with van der Waals surface area (Å²) in [5.74, 6) is 1.93. The first-order valence-electron chi connectivity index (χ1n) is 9.89. The van der Waals surface area contributed by atoms with Gasteiger partial charge in [0.2, 0.25) is 0 Å². The smallest absolute Gasteiger partial charge is 0.174 e. The number of hydrogen-bond acceptors (Lipinski definition) is 3. The van der Waals surface area contributed by atoms with Crippen LogP contribution < -0.4 is 14.2 Å². The largest absolute Gasteiger partial charge is 0.493 e. The van der Waals surface area contributed by atoms with E-state index in [1.165, 1.54) is 11.1 Å². The van der Waals surface area contributed by atoms with Gasteiger partial charge in [0.1, 0.15) is 5.75 Å². The molecule has 0 unspecified atom stereocenters. The third kappa shape index (κ3) is 2.58. The SMILES string of the molecule is COc1ccc([C@]23Oc4ccccc4[C@@H](c4ccc(C)cc4)[C@@H]2C3(Cl)Cl)cc1OC. The van der Waals surface area contributed by atoms with Crippen LogP contribution in [0, 0.1) is 12.8 Å². The molecular weight excluding hydrogens is 419 g/mol. The predicted molar refractivity (Wildman–Crippen MR) is 119 cm³/mol. The molecule has 5 rings (SSSR count). The summed E-state index contributed by atoms with van der Waals surface area (Å²) >= 11 is 14.0. The summed E-state index contributed by atoms with van der Waals surface area (Å²) < 4.78 is 16.4. The van der Waals surface area contributed by atoms with Gasteiger partial charge in [0.05, 0.1) is 20.1 Å². The number of methoxy groups -OCH3 is 2. The maximum Gasteiger partial charge on any atom is 0.174 e. The monoisotopic (exact) mass is 440 g/mol. The molecule has 0 aromatic heterocycles. The van der Waals surface area contributed by atoms with Crippen LogP contribution in [-0.2, 0) is 5.60 Å². The number of fused-ring (bicyclic) bond motifs is 2. The minimum absolute atomic E-state index is 0.0126. The molecule has 0 radical (unpaired) electrons. The molecule has 1 aliphatic carbocycles. The van der Waals surface area contributed by atoms with E-state index < -0.39 is 9.93 Å². The lowest BCUT2D eigenvalue weighted by Gasteiger charge is -2.32. The van der Waals surface area contributed by atoms with Crippen molar-refractivity contribution >= 4 is 23.2 Å². The van der Waals surface area contributed by atoms with Crippen molar-refractivity contribution in [3.05, 3.63) is 89.0 Å². The molecule has 154 valence electrons. The zero-order valence-electron chi connectivity index (χ0n) is 17.0. The summed E-state index contributed by atoms with van der Waals surface area (Å²) in [4.78, 5) is 0. The molecular formula is C25H22Cl2O3. The van der Waals surface area contributed by atoms with E-state index in [4.69, 9.17) is 37.4 Å². The average Bonchev–Trinajstić information content (AvgIpc) is 3.27. The van der Waals surface area contributed by atoms with E-state index in [9.17, 15) is 0 Å². The molecule has 3 atom stereocenters. The molecule has 1 saturated carbocycles. The van der Waals surface area contributed by atoms with Crippen LogP contribution in [0.15, 0.2) is 66.7 Å². The zero-order chi connectivity index (χ0) is 21.1. The van der Waals surface area contributed by atoms with Crippen LogP contribution in [0.4, 0.5) is 0 Å². The number of ether oxygens (including phenoxy) is 3. The standard InChI is InChI=1S/C25H22Cl2O3/c1-15-8-10-16(11-9-15)22-18-6-4-5-7-19(18)30-24(23(22)25(24,26)27)17-12-13-20(28-2)21(14-17)29-3/h4-14,22-23H,1-3H3/t22-,23+,24+/m1/s1. The summed E-state index contributed by atoms with van der Waals surface area (Å²) in [6.07, 6.45) is 0. The van der Waals surface area contributed by atoms with E-state index >= 15 is 0 Å². The van der Waals surface area contributed by atoms with E-state index in [2.05, 4.69) is 37.3 Å². The highest BCUT2D eigenvalue weighted by molar-refractivity contribution is 6.52. The Morgan fingerprint density at radius 2 is 1.57 bits per heavy atom. The van der Waals surface area contributed by atoms with Gasteiger partial charge in [-0.2, -0.15) is 0 Å². The van der Waals surface area contributed by atoms with Crippen molar-refractivity contribution in [2.75, 3.05) is 14.2 Å². The first-order chi connectivity index (χ1) is 14.4. The summed E-state index contributed by atoms with van der Waals surface area (Å²) in [5.41, 5.74) is 3.49. The Kier molecular flexibility index (Phi) is 4.46. The van der Waals surface area contributed by atoms with Crippen LogP contribution >= 0.6 is 23.2 Å². The maximum atomic E-state index is 7.01. The molecule has 3 aromatic carbocycles. The molecule has 3 aromatic rings. The third-order valence-corrected chi connectivity index (χ3v) is 7.38. The molecule has 3 nitrogen and oxygen atoms in total. The maximum absolute atomic E-state index is 7.01. The van der Waals surface area contributed by atoms with E-state index in [0.29, 0.717) is 11.5 Å². The molecule has 5 heteroatoms. The highest BCUT2D eigenvalue weighted by atomic mass is 35.5. The van der Waals surface area contributed by atoms with Crippen molar-refractivity contribution in [2.24, 2.45) is 5.92 Å². The second-order valence-corrected chi connectivity index (χ2v) is 9.32. The van der Waals surface area contributed by atoms with Gasteiger partial charge in [-0.05, 0) is 30.7 Å². The Labute approximate surface area is 186 Å². The Bertz CT molecular complexity index is 1110. The topological polar surface area (TPSA) is 27.7 Å². The van der Waals surface area contributed by atoms with Crippen LogP contribution in [0.1, 0.15) is 28.2 Å². The Balaban J connectivity index is 1.70. The Hall–Kier alpha value is -2.36. The van der Waals surface area contributed by atoms with Crippen molar-refractivity contribution in [2.45, 2.75) is 22.8 Å².